The number of carbonyl (C=O) groups excluding carboxylic acids is 2. The third kappa shape index (κ3) is 4.45. The normalized spacial score (nSPS) is 18.7. The standard InChI is InChI=1S/C18H23NO3/c1-18(2,3)22-17(21)16-5-4-11-19(16)12-10-14-6-8-15(13-20)9-7-14/h6-10,12-13,16H,4-5,11H2,1-3H3. The van der Waals surface area contributed by atoms with Crippen molar-refractivity contribution in [1.82, 2.24) is 4.90 Å². The minimum absolute atomic E-state index is 0.161. The summed E-state index contributed by atoms with van der Waals surface area (Å²) in [5.41, 5.74) is 1.20. The van der Waals surface area contributed by atoms with Crippen LogP contribution in [0, 0.1) is 0 Å². The van der Waals surface area contributed by atoms with Gasteiger partial charge in [-0.05, 0) is 45.3 Å². The third-order valence-corrected chi connectivity index (χ3v) is 3.50. The Morgan fingerprint density at radius 2 is 1.86 bits per heavy atom. The van der Waals surface area contributed by atoms with E-state index in [-0.39, 0.29) is 12.0 Å². The van der Waals surface area contributed by atoms with E-state index in [4.69, 9.17) is 4.74 Å². The predicted octanol–water partition coefficient (Wildman–Crippen LogP) is 3.28. The minimum atomic E-state index is -0.459. The molecule has 1 aliphatic heterocycles. The second kappa shape index (κ2) is 6.77. The number of likely N-dealkylation sites (tertiary alicyclic amines) is 1. The first-order valence-electron chi connectivity index (χ1n) is 7.61. The van der Waals surface area contributed by atoms with Crippen LogP contribution in [-0.4, -0.2) is 35.3 Å². The predicted molar refractivity (Wildman–Crippen MR) is 86.4 cm³/mol. The smallest absolute Gasteiger partial charge is 0.329 e. The summed E-state index contributed by atoms with van der Waals surface area (Å²) >= 11 is 0. The van der Waals surface area contributed by atoms with Crippen LogP contribution in [0.1, 0.15) is 49.5 Å². The summed E-state index contributed by atoms with van der Waals surface area (Å²) in [5.74, 6) is -0.161. The fourth-order valence-electron chi connectivity index (χ4n) is 2.46. The molecule has 1 aliphatic rings. The maximum absolute atomic E-state index is 12.2. The summed E-state index contributed by atoms with van der Waals surface area (Å²) in [6.07, 6.45) is 6.53. The molecule has 4 heteroatoms. The van der Waals surface area contributed by atoms with Crippen LogP contribution in [0.2, 0.25) is 0 Å². The largest absolute Gasteiger partial charge is 0.458 e. The van der Waals surface area contributed by atoms with Gasteiger partial charge in [-0.15, -0.1) is 0 Å². The van der Waals surface area contributed by atoms with Gasteiger partial charge in [0, 0.05) is 18.3 Å². The van der Waals surface area contributed by atoms with Gasteiger partial charge in [-0.3, -0.25) is 4.79 Å². The van der Waals surface area contributed by atoms with E-state index in [1.165, 1.54) is 0 Å². The van der Waals surface area contributed by atoms with Gasteiger partial charge in [0.25, 0.3) is 0 Å². The van der Waals surface area contributed by atoms with Gasteiger partial charge in [0.05, 0.1) is 0 Å². The molecule has 1 aromatic rings. The number of esters is 1. The Morgan fingerprint density at radius 3 is 2.45 bits per heavy atom. The van der Waals surface area contributed by atoms with Gasteiger partial charge in [-0.25, -0.2) is 4.79 Å². The number of ether oxygens (including phenoxy) is 1. The van der Waals surface area contributed by atoms with Gasteiger partial charge in [-0.1, -0.05) is 24.3 Å². The quantitative estimate of drug-likeness (QED) is 0.632. The van der Waals surface area contributed by atoms with E-state index in [1.807, 2.05) is 50.1 Å². The molecule has 0 saturated carbocycles. The summed E-state index contributed by atoms with van der Waals surface area (Å²) in [6, 6.07) is 7.13. The molecule has 0 spiro atoms. The van der Waals surface area contributed by atoms with Crippen molar-refractivity contribution >= 4 is 18.3 Å². The van der Waals surface area contributed by atoms with Crippen molar-refractivity contribution in [3.63, 3.8) is 0 Å². The van der Waals surface area contributed by atoms with E-state index in [1.54, 1.807) is 12.1 Å². The van der Waals surface area contributed by atoms with Gasteiger partial charge in [-0.2, -0.15) is 0 Å². The number of aldehydes is 1. The highest BCUT2D eigenvalue weighted by atomic mass is 16.6. The molecule has 0 radical (unpaired) electrons. The molecule has 0 N–H and O–H groups in total. The molecule has 1 aromatic carbocycles. The lowest BCUT2D eigenvalue weighted by atomic mass is 10.1. The number of hydrogen-bond acceptors (Lipinski definition) is 4. The van der Waals surface area contributed by atoms with E-state index in [9.17, 15) is 9.59 Å². The van der Waals surface area contributed by atoms with Crippen LogP contribution in [0.25, 0.3) is 6.08 Å². The van der Waals surface area contributed by atoms with Crippen LogP contribution in [0.5, 0.6) is 0 Å². The maximum atomic E-state index is 12.2. The van der Waals surface area contributed by atoms with E-state index in [2.05, 4.69) is 0 Å². The van der Waals surface area contributed by atoms with E-state index >= 15 is 0 Å². The molecule has 4 nitrogen and oxygen atoms in total. The molecule has 118 valence electrons. The van der Waals surface area contributed by atoms with E-state index in [0.29, 0.717) is 5.56 Å². The zero-order valence-electron chi connectivity index (χ0n) is 13.4. The fraction of sp³-hybridized carbons (Fsp3) is 0.444. The van der Waals surface area contributed by atoms with Crippen LogP contribution in [0.4, 0.5) is 0 Å². The number of nitrogens with zero attached hydrogens (tertiary/aromatic N) is 1. The van der Waals surface area contributed by atoms with Crippen LogP contribution in [0.15, 0.2) is 30.5 Å². The SMILES string of the molecule is CC(C)(C)OC(=O)C1CCCN1C=Cc1ccc(C=O)cc1. The van der Waals surface area contributed by atoms with Gasteiger partial charge in [0.15, 0.2) is 0 Å². The molecular formula is C18H23NO3. The van der Waals surface area contributed by atoms with E-state index < -0.39 is 5.60 Å². The molecular weight excluding hydrogens is 278 g/mol. The van der Waals surface area contributed by atoms with Crippen molar-refractivity contribution in [3.8, 4) is 0 Å². The zero-order valence-corrected chi connectivity index (χ0v) is 13.4. The first-order valence-corrected chi connectivity index (χ1v) is 7.61. The number of carbonyl (C=O) groups is 2. The zero-order chi connectivity index (χ0) is 16.2. The van der Waals surface area contributed by atoms with E-state index in [0.717, 1.165) is 31.2 Å². The second-order valence-corrected chi connectivity index (χ2v) is 6.53. The molecule has 0 aromatic heterocycles. The molecule has 1 heterocycles. The molecule has 1 fully saturated rings. The molecule has 1 atom stereocenters. The number of rotatable bonds is 4. The topological polar surface area (TPSA) is 46.6 Å². The lowest BCUT2D eigenvalue weighted by Gasteiger charge is -2.26. The van der Waals surface area contributed by atoms with Crippen LogP contribution in [0.3, 0.4) is 0 Å². The molecule has 0 aliphatic carbocycles. The fourth-order valence-corrected chi connectivity index (χ4v) is 2.46. The second-order valence-electron chi connectivity index (χ2n) is 6.53. The van der Waals surface area contributed by atoms with Crippen molar-refractivity contribution < 1.29 is 14.3 Å². The van der Waals surface area contributed by atoms with Crippen molar-refractivity contribution in [2.24, 2.45) is 0 Å². The Kier molecular flexibility index (Phi) is 5.01. The average Bonchev–Trinajstić information content (AvgIpc) is 2.92. The summed E-state index contributed by atoms with van der Waals surface area (Å²) in [4.78, 5) is 24.9. The first-order chi connectivity index (χ1) is 10.4. The maximum Gasteiger partial charge on any atom is 0.329 e. The van der Waals surface area contributed by atoms with Gasteiger partial charge < -0.3 is 9.64 Å². The monoisotopic (exact) mass is 301 g/mol. The first kappa shape index (κ1) is 16.3. The minimum Gasteiger partial charge on any atom is -0.458 e. The van der Waals surface area contributed by atoms with Gasteiger partial charge >= 0.3 is 5.97 Å². The average molecular weight is 301 g/mol. The number of benzene rings is 1. The molecule has 22 heavy (non-hydrogen) atoms. The summed E-state index contributed by atoms with van der Waals surface area (Å²) in [5, 5.41) is 0. The van der Waals surface area contributed by atoms with Crippen molar-refractivity contribution in [3.05, 3.63) is 41.6 Å². The summed E-state index contributed by atoms with van der Waals surface area (Å²) in [6.45, 7) is 6.50. The lowest BCUT2D eigenvalue weighted by molar-refractivity contribution is -0.159. The summed E-state index contributed by atoms with van der Waals surface area (Å²) in [7, 11) is 0. The molecule has 2 rings (SSSR count). The van der Waals surface area contributed by atoms with Gasteiger partial charge in [0.2, 0.25) is 0 Å². The molecule has 0 bridgehead atoms. The van der Waals surface area contributed by atoms with Crippen molar-refractivity contribution in [2.45, 2.75) is 45.3 Å². The van der Waals surface area contributed by atoms with Crippen LogP contribution >= 0.6 is 0 Å². The van der Waals surface area contributed by atoms with Crippen LogP contribution < -0.4 is 0 Å². The summed E-state index contributed by atoms with van der Waals surface area (Å²) < 4.78 is 5.48. The number of hydrogen-bond donors (Lipinski definition) is 0. The Bertz CT molecular complexity index is 555. The Hall–Kier alpha value is -2.10. The van der Waals surface area contributed by atoms with Gasteiger partial charge in [0.1, 0.15) is 17.9 Å². The lowest BCUT2D eigenvalue weighted by Crippen LogP contribution is -2.37. The van der Waals surface area contributed by atoms with Crippen LogP contribution in [-0.2, 0) is 9.53 Å². The Balaban J connectivity index is 2.02. The third-order valence-electron chi connectivity index (χ3n) is 3.50. The molecule has 1 saturated heterocycles. The molecule has 1 unspecified atom stereocenters. The van der Waals surface area contributed by atoms with Crippen molar-refractivity contribution in [1.29, 1.82) is 0 Å². The highest BCUT2D eigenvalue weighted by Gasteiger charge is 2.32. The Morgan fingerprint density at radius 1 is 1.23 bits per heavy atom. The highest BCUT2D eigenvalue weighted by molar-refractivity contribution is 5.77. The Labute approximate surface area is 131 Å². The van der Waals surface area contributed by atoms with Crippen molar-refractivity contribution in [2.75, 3.05) is 6.54 Å². The highest BCUT2D eigenvalue weighted by Crippen LogP contribution is 2.22. The molecule has 0 amide bonds.